The smallest absolute Gasteiger partial charge is 0.319 e. The molecular weight excluding hydrogens is 318 g/mol. The number of pyridine rings is 1. The Bertz CT molecular complexity index is 849. The van der Waals surface area contributed by atoms with Crippen molar-refractivity contribution in [2.75, 3.05) is 12.4 Å². The van der Waals surface area contributed by atoms with E-state index in [1.807, 2.05) is 24.4 Å². The number of carbonyl (C=O) groups excluding carboxylic acids is 1. The van der Waals surface area contributed by atoms with Crippen LogP contribution >= 0.6 is 11.6 Å². The van der Waals surface area contributed by atoms with Crippen LogP contribution in [0.3, 0.4) is 0 Å². The maximum absolute atomic E-state index is 12.0. The van der Waals surface area contributed by atoms with Crippen LogP contribution in [0.5, 0.6) is 5.75 Å². The van der Waals surface area contributed by atoms with Gasteiger partial charge >= 0.3 is 6.03 Å². The molecule has 0 atom stereocenters. The molecule has 0 radical (unpaired) electrons. The first-order valence-electron chi connectivity index (χ1n) is 6.84. The summed E-state index contributed by atoms with van der Waals surface area (Å²) in [6.07, 6.45) is 1.84. The minimum Gasteiger partial charge on any atom is -0.497 e. The lowest BCUT2D eigenvalue weighted by Crippen LogP contribution is -2.29. The molecule has 2 heterocycles. The van der Waals surface area contributed by atoms with Gasteiger partial charge in [-0.25, -0.2) is 4.79 Å². The molecule has 7 nitrogen and oxygen atoms in total. The van der Waals surface area contributed by atoms with E-state index in [1.165, 1.54) is 0 Å². The van der Waals surface area contributed by atoms with Gasteiger partial charge < -0.3 is 15.4 Å². The van der Waals surface area contributed by atoms with Crippen LogP contribution in [0.15, 0.2) is 42.6 Å². The molecule has 0 aliphatic heterocycles. The van der Waals surface area contributed by atoms with Crippen LogP contribution in [0.4, 0.5) is 10.5 Å². The number of hydrogen-bond donors (Lipinski definition) is 2. The second-order valence-electron chi connectivity index (χ2n) is 4.70. The Morgan fingerprint density at radius 2 is 2.17 bits per heavy atom. The fourth-order valence-corrected chi connectivity index (χ4v) is 2.28. The van der Waals surface area contributed by atoms with E-state index >= 15 is 0 Å². The van der Waals surface area contributed by atoms with Gasteiger partial charge in [-0.3, -0.25) is 4.40 Å². The molecule has 0 fully saturated rings. The molecule has 3 aromatic rings. The van der Waals surface area contributed by atoms with Gasteiger partial charge in [-0.15, -0.1) is 10.2 Å². The maximum atomic E-state index is 12.0. The average molecular weight is 332 g/mol. The Labute approximate surface area is 137 Å². The van der Waals surface area contributed by atoms with Gasteiger partial charge in [0.2, 0.25) is 0 Å². The summed E-state index contributed by atoms with van der Waals surface area (Å²) < 4.78 is 6.87. The highest BCUT2D eigenvalue weighted by Gasteiger charge is 2.09. The summed E-state index contributed by atoms with van der Waals surface area (Å²) in [5.74, 6) is 1.26. The Balaban J connectivity index is 1.64. The Kier molecular flexibility index (Phi) is 4.29. The quantitative estimate of drug-likeness (QED) is 0.770. The van der Waals surface area contributed by atoms with E-state index in [9.17, 15) is 4.79 Å². The third-order valence-electron chi connectivity index (χ3n) is 3.22. The van der Waals surface area contributed by atoms with E-state index in [2.05, 4.69) is 20.8 Å². The standard InChI is InChI=1S/C15H14ClN5O2/c1-23-10-5-6-12(11(16)8-10)18-15(22)17-9-14-20-19-13-4-2-3-7-21(13)14/h2-8H,9H2,1H3,(H2,17,18,22). The summed E-state index contributed by atoms with van der Waals surface area (Å²) >= 11 is 6.08. The van der Waals surface area contributed by atoms with E-state index in [4.69, 9.17) is 16.3 Å². The first-order valence-corrected chi connectivity index (χ1v) is 7.22. The number of methoxy groups -OCH3 is 1. The number of anilines is 1. The van der Waals surface area contributed by atoms with Gasteiger partial charge in [0.25, 0.3) is 0 Å². The van der Waals surface area contributed by atoms with Gasteiger partial charge in [-0.2, -0.15) is 0 Å². The van der Waals surface area contributed by atoms with E-state index < -0.39 is 0 Å². The van der Waals surface area contributed by atoms with Gasteiger partial charge in [-0.05, 0) is 24.3 Å². The van der Waals surface area contributed by atoms with E-state index in [-0.39, 0.29) is 12.6 Å². The minimum atomic E-state index is -0.384. The molecule has 23 heavy (non-hydrogen) atoms. The second-order valence-corrected chi connectivity index (χ2v) is 5.11. The first-order chi connectivity index (χ1) is 11.2. The van der Waals surface area contributed by atoms with Crippen LogP contribution in [0.1, 0.15) is 5.82 Å². The molecule has 0 saturated heterocycles. The van der Waals surface area contributed by atoms with Gasteiger partial charge in [-0.1, -0.05) is 17.7 Å². The summed E-state index contributed by atoms with van der Waals surface area (Å²) in [6.45, 7) is 0.241. The fraction of sp³-hybridized carbons (Fsp3) is 0.133. The second kappa shape index (κ2) is 6.53. The normalized spacial score (nSPS) is 10.5. The third-order valence-corrected chi connectivity index (χ3v) is 3.53. The van der Waals surface area contributed by atoms with Crippen LogP contribution in [-0.2, 0) is 6.54 Å². The number of ether oxygens (including phenoxy) is 1. The predicted molar refractivity (Wildman–Crippen MR) is 86.8 cm³/mol. The van der Waals surface area contributed by atoms with Crippen molar-refractivity contribution in [1.82, 2.24) is 19.9 Å². The lowest BCUT2D eigenvalue weighted by molar-refractivity contribution is 0.251. The zero-order chi connectivity index (χ0) is 16.2. The van der Waals surface area contributed by atoms with E-state index in [1.54, 1.807) is 29.7 Å². The van der Waals surface area contributed by atoms with E-state index in [0.717, 1.165) is 5.65 Å². The van der Waals surface area contributed by atoms with Crippen molar-refractivity contribution in [3.8, 4) is 5.75 Å². The number of urea groups is 1. The number of amides is 2. The summed E-state index contributed by atoms with van der Waals surface area (Å²) in [5.41, 5.74) is 1.22. The minimum absolute atomic E-state index is 0.241. The first kappa shape index (κ1) is 15.1. The lowest BCUT2D eigenvalue weighted by Gasteiger charge is -2.09. The monoisotopic (exact) mass is 331 g/mol. The molecule has 0 aliphatic carbocycles. The number of aromatic nitrogens is 3. The van der Waals surface area contributed by atoms with Crippen LogP contribution in [-0.4, -0.2) is 27.7 Å². The van der Waals surface area contributed by atoms with Crippen molar-refractivity contribution in [2.45, 2.75) is 6.54 Å². The van der Waals surface area contributed by atoms with Gasteiger partial charge in [0.05, 0.1) is 24.4 Å². The average Bonchev–Trinajstić information content (AvgIpc) is 2.98. The topological polar surface area (TPSA) is 80.5 Å². The highest BCUT2D eigenvalue weighted by Crippen LogP contribution is 2.26. The Hall–Kier alpha value is -2.80. The summed E-state index contributed by atoms with van der Waals surface area (Å²) in [7, 11) is 1.55. The molecule has 3 rings (SSSR count). The number of rotatable bonds is 4. The largest absolute Gasteiger partial charge is 0.497 e. The summed E-state index contributed by atoms with van der Waals surface area (Å²) in [6, 6.07) is 10.2. The van der Waals surface area contributed by atoms with Crippen molar-refractivity contribution >= 4 is 29.0 Å². The number of nitrogens with zero attached hydrogens (tertiary/aromatic N) is 3. The SMILES string of the molecule is COc1ccc(NC(=O)NCc2nnc3ccccn23)c(Cl)c1. The van der Waals surface area contributed by atoms with Crippen LogP contribution < -0.4 is 15.4 Å². The molecule has 2 aromatic heterocycles. The molecule has 2 amide bonds. The number of halogens is 1. The number of hydrogen-bond acceptors (Lipinski definition) is 4. The number of carbonyl (C=O) groups is 1. The molecule has 2 N–H and O–H groups in total. The van der Waals surface area contributed by atoms with Gasteiger partial charge in [0, 0.05) is 12.3 Å². The molecule has 0 spiro atoms. The van der Waals surface area contributed by atoms with Gasteiger partial charge in [0.1, 0.15) is 5.75 Å². The Morgan fingerprint density at radius 3 is 2.96 bits per heavy atom. The highest BCUT2D eigenvalue weighted by molar-refractivity contribution is 6.33. The van der Waals surface area contributed by atoms with Crippen molar-refractivity contribution in [3.63, 3.8) is 0 Å². The van der Waals surface area contributed by atoms with Crippen LogP contribution in [0, 0.1) is 0 Å². The van der Waals surface area contributed by atoms with Crippen molar-refractivity contribution in [2.24, 2.45) is 0 Å². The van der Waals surface area contributed by atoms with Crippen LogP contribution in [0.2, 0.25) is 5.02 Å². The summed E-state index contributed by atoms with van der Waals surface area (Å²) in [5, 5.41) is 13.9. The molecule has 1 aromatic carbocycles. The number of fused-ring (bicyclic) bond motifs is 1. The van der Waals surface area contributed by atoms with Crippen molar-refractivity contribution in [1.29, 1.82) is 0 Å². The Morgan fingerprint density at radius 1 is 1.30 bits per heavy atom. The van der Waals surface area contributed by atoms with E-state index in [0.29, 0.717) is 22.3 Å². The number of nitrogens with one attached hydrogen (secondary N) is 2. The fourth-order valence-electron chi connectivity index (χ4n) is 2.06. The molecule has 0 bridgehead atoms. The molecule has 0 saturated carbocycles. The molecule has 118 valence electrons. The van der Waals surface area contributed by atoms with Crippen molar-refractivity contribution in [3.05, 3.63) is 53.4 Å². The summed E-state index contributed by atoms with van der Waals surface area (Å²) in [4.78, 5) is 12.0. The predicted octanol–water partition coefficient (Wildman–Crippen LogP) is 2.71. The zero-order valence-electron chi connectivity index (χ0n) is 12.3. The zero-order valence-corrected chi connectivity index (χ0v) is 13.0. The lowest BCUT2D eigenvalue weighted by atomic mass is 10.3. The molecule has 0 aliphatic rings. The third kappa shape index (κ3) is 3.35. The maximum Gasteiger partial charge on any atom is 0.319 e. The van der Waals surface area contributed by atoms with Crippen molar-refractivity contribution < 1.29 is 9.53 Å². The molecule has 8 heteroatoms. The van der Waals surface area contributed by atoms with Gasteiger partial charge in [0.15, 0.2) is 11.5 Å². The molecule has 0 unspecified atom stereocenters. The molecular formula is C15H14ClN5O2. The highest BCUT2D eigenvalue weighted by atomic mass is 35.5. The van der Waals surface area contributed by atoms with Crippen LogP contribution in [0.25, 0.3) is 5.65 Å². The number of benzene rings is 1.